The predicted molar refractivity (Wildman–Crippen MR) is 123 cm³/mol. The van der Waals surface area contributed by atoms with Gasteiger partial charge in [-0.2, -0.15) is 13.2 Å². The van der Waals surface area contributed by atoms with E-state index in [0.29, 0.717) is 12.5 Å². The average molecular weight is 481 g/mol. The Morgan fingerprint density at radius 2 is 1.73 bits per heavy atom. The molecule has 4 rings (SSSR count). The summed E-state index contributed by atoms with van der Waals surface area (Å²) in [6, 6.07) is 12.2. The van der Waals surface area contributed by atoms with Crippen molar-refractivity contribution in [2.24, 2.45) is 0 Å². The highest BCUT2D eigenvalue weighted by Gasteiger charge is 2.31. The fraction of sp³-hybridized carbons (Fsp3) is 0.391. The van der Waals surface area contributed by atoms with Crippen molar-refractivity contribution < 1.29 is 21.6 Å². The maximum atomic E-state index is 12.8. The number of rotatable bonds is 8. The number of aromatic nitrogens is 1. The number of nitrogens with zero attached hydrogens (tertiary/aromatic N) is 2. The number of hydrogen-bond acceptors (Lipinski definition) is 4. The number of fused-ring (bicyclic) bond motifs is 1. The van der Waals surface area contributed by atoms with Gasteiger partial charge in [-0.05, 0) is 55.8 Å². The van der Waals surface area contributed by atoms with Gasteiger partial charge in [0, 0.05) is 55.5 Å². The van der Waals surface area contributed by atoms with Crippen molar-refractivity contribution in [3.63, 3.8) is 0 Å². The molecule has 1 saturated heterocycles. The summed E-state index contributed by atoms with van der Waals surface area (Å²) in [5, 5.41) is 1.22. The highest BCUT2D eigenvalue weighted by Crippen LogP contribution is 2.30. The zero-order valence-electron chi connectivity index (χ0n) is 18.1. The Hall–Kier alpha value is -2.56. The molecule has 1 aromatic heterocycles. The van der Waals surface area contributed by atoms with Crippen molar-refractivity contribution in [3.8, 4) is 0 Å². The Morgan fingerprint density at radius 3 is 2.48 bits per heavy atom. The zero-order valence-corrected chi connectivity index (χ0v) is 18.9. The molecule has 2 aromatic carbocycles. The molecule has 2 N–H and O–H groups in total. The fourth-order valence-corrected chi connectivity index (χ4v) is 5.27. The lowest BCUT2D eigenvalue weighted by Gasteiger charge is -2.36. The molecule has 0 saturated carbocycles. The molecule has 10 heteroatoms. The molecule has 33 heavy (non-hydrogen) atoms. The molecule has 3 aromatic rings. The van der Waals surface area contributed by atoms with Gasteiger partial charge in [-0.1, -0.05) is 12.1 Å². The van der Waals surface area contributed by atoms with Crippen LogP contribution in [-0.2, 0) is 16.2 Å². The summed E-state index contributed by atoms with van der Waals surface area (Å²) in [6.45, 7) is 4.74. The van der Waals surface area contributed by atoms with Gasteiger partial charge in [0.05, 0.1) is 10.5 Å². The van der Waals surface area contributed by atoms with E-state index in [1.54, 1.807) is 0 Å². The minimum atomic E-state index is -4.58. The molecule has 0 amide bonds. The van der Waals surface area contributed by atoms with Gasteiger partial charge >= 0.3 is 6.18 Å². The maximum Gasteiger partial charge on any atom is 0.416 e. The van der Waals surface area contributed by atoms with E-state index >= 15 is 0 Å². The molecule has 178 valence electrons. The first-order chi connectivity index (χ1) is 15.7. The molecule has 2 heterocycles. The van der Waals surface area contributed by atoms with Crippen LogP contribution in [0.1, 0.15) is 18.4 Å². The quantitative estimate of drug-likeness (QED) is 0.477. The van der Waals surface area contributed by atoms with Crippen LogP contribution >= 0.6 is 0 Å². The second-order valence-electron chi connectivity index (χ2n) is 8.18. The summed E-state index contributed by atoms with van der Waals surface area (Å²) in [5.74, 6) is 0. The zero-order chi connectivity index (χ0) is 23.5. The van der Waals surface area contributed by atoms with Crippen molar-refractivity contribution in [1.29, 1.82) is 0 Å². The molecule has 0 radical (unpaired) electrons. The average Bonchev–Trinajstić information content (AvgIpc) is 3.28. The van der Waals surface area contributed by atoms with E-state index in [9.17, 15) is 21.6 Å². The molecular formula is C23H27F3N4O2S. The van der Waals surface area contributed by atoms with E-state index < -0.39 is 21.8 Å². The third-order valence-electron chi connectivity index (χ3n) is 5.95. The summed E-state index contributed by atoms with van der Waals surface area (Å²) in [5.41, 5.74) is 1.39. The maximum absolute atomic E-state index is 12.8. The van der Waals surface area contributed by atoms with Crippen molar-refractivity contribution in [2.45, 2.75) is 23.9 Å². The molecule has 1 fully saturated rings. The van der Waals surface area contributed by atoms with Crippen molar-refractivity contribution in [2.75, 3.05) is 44.2 Å². The van der Waals surface area contributed by atoms with Gasteiger partial charge in [0.2, 0.25) is 10.0 Å². The number of hydrogen-bond donors (Lipinski definition) is 2. The van der Waals surface area contributed by atoms with Crippen molar-refractivity contribution in [3.05, 3.63) is 60.3 Å². The first-order valence-electron chi connectivity index (χ1n) is 10.9. The molecule has 0 unspecified atom stereocenters. The summed E-state index contributed by atoms with van der Waals surface area (Å²) in [7, 11) is -3.97. The lowest BCUT2D eigenvalue weighted by atomic mass is 10.1. The minimum absolute atomic E-state index is 0.189. The van der Waals surface area contributed by atoms with Gasteiger partial charge in [-0.3, -0.25) is 4.90 Å². The summed E-state index contributed by atoms with van der Waals surface area (Å²) in [4.78, 5) is 7.61. The summed E-state index contributed by atoms with van der Waals surface area (Å²) in [6.07, 6.45) is -1.21. The van der Waals surface area contributed by atoms with Gasteiger partial charge in [-0.15, -0.1) is 0 Å². The SMILES string of the molecule is O=S(=O)(NCCCCN1CCN(c2cccc3[nH]ccc23)CC1)c1cccc(C(F)(F)F)c1. The lowest BCUT2D eigenvalue weighted by Crippen LogP contribution is -2.46. The van der Waals surface area contributed by atoms with E-state index in [1.165, 1.54) is 17.1 Å². The number of H-pyrrole nitrogens is 1. The minimum Gasteiger partial charge on any atom is -0.368 e. The van der Waals surface area contributed by atoms with E-state index in [0.717, 1.165) is 56.8 Å². The largest absolute Gasteiger partial charge is 0.416 e. The van der Waals surface area contributed by atoms with Crippen LogP contribution in [0.15, 0.2) is 59.6 Å². The van der Waals surface area contributed by atoms with Crippen LogP contribution in [0.4, 0.5) is 18.9 Å². The normalized spacial score (nSPS) is 15.9. The third kappa shape index (κ3) is 5.69. The second-order valence-corrected chi connectivity index (χ2v) is 9.94. The van der Waals surface area contributed by atoms with E-state index in [4.69, 9.17) is 0 Å². The van der Waals surface area contributed by atoms with Gasteiger partial charge in [0.1, 0.15) is 0 Å². The highest BCUT2D eigenvalue weighted by molar-refractivity contribution is 7.89. The molecule has 0 spiro atoms. The monoisotopic (exact) mass is 480 g/mol. The number of nitrogens with one attached hydrogen (secondary N) is 2. The lowest BCUT2D eigenvalue weighted by molar-refractivity contribution is -0.137. The van der Waals surface area contributed by atoms with E-state index in [-0.39, 0.29) is 11.4 Å². The first kappa shape index (κ1) is 23.6. The Labute approximate surface area is 191 Å². The van der Waals surface area contributed by atoms with E-state index in [2.05, 4.69) is 43.8 Å². The second kappa shape index (κ2) is 9.74. The Morgan fingerprint density at radius 1 is 0.970 bits per heavy atom. The van der Waals surface area contributed by atoms with Gasteiger partial charge in [0.15, 0.2) is 0 Å². The van der Waals surface area contributed by atoms with E-state index in [1.807, 2.05) is 6.20 Å². The molecule has 1 aliphatic heterocycles. The standard InChI is InChI=1S/C23H27F3N4O2S/c24-23(25,26)18-5-3-6-19(17-18)33(31,32)28-10-1-2-12-29-13-15-30(16-14-29)22-8-4-7-21-20(22)9-11-27-21/h3-9,11,17,27-28H,1-2,10,12-16H2. The molecule has 0 atom stereocenters. The first-order valence-corrected chi connectivity index (χ1v) is 12.4. The van der Waals surface area contributed by atoms with Crippen LogP contribution in [0.2, 0.25) is 0 Å². The van der Waals surface area contributed by atoms with Gasteiger partial charge < -0.3 is 9.88 Å². The molecular weight excluding hydrogens is 453 g/mol. The number of alkyl halides is 3. The Balaban J connectivity index is 1.20. The molecule has 0 bridgehead atoms. The number of piperazine rings is 1. The number of unbranched alkanes of at least 4 members (excludes halogenated alkanes) is 1. The van der Waals surface area contributed by atoms with Crippen LogP contribution in [0, 0.1) is 0 Å². The topological polar surface area (TPSA) is 68.4 Å². The number of anilines is 1. The van der Waals surface area contributed by atoms with Crippen molar-refractivity contribution >= 4 is 26.6 Å². The molecule has 1 aliphatic rings. The van der Waals surface area contributed by atoms with Crippen LogP contribution < -0.4 is 9.62 Å². The van der Waals surface area contributed by atoms with Gasteiger partial charge in [0.25, 0.3) is 0 Å². The Kier molecular flexibility index (Phi) is 6.96. The number of sulfonamides is 1. The number of halogens is 3. The smallest absolute Gasteiger partial charge is 0.368 e. The number of aromatic amines is 1. The van der Waals surface area contributed by atoms with Crippen LogP contribution in [0.5, 0.6) is 0 Å². The predicted octanol–water partition coefficient (Wildman–Crippen LogP) is 4.07. The highest BCUT2D eigenvalue weighted by atomic mass is 32.2. The summed E-state index contributed by atoms with van der Waals surface area (Å²) < 4.78 is 65.6. The molecule has 6 nitrogen and oxygen atoms in total. The van der Waals surface area contributed by atoms with Gasteiger partial charge in [-0.25, -0.2) is 13.1 Å². The third-order valence-corrected chi connectivity index (χ3v) is 7.41. The number of benzene rings is 2. The van der Waals surface area contributed by atoms with Crippen molar-refractivity contribution in [1.82, 2.24) is 14.6 Å². The summed E-state index contributed by atoms with van der Waals surface area (Å²) >= 11 is 0. The fourth-order valence-electron chi connectivity index (χ4n) is 4.15. The van der Waals surface area contributed by atoms with Crippen LogP contribution in [0.25, 0.3) is 10.9 Å². The molecule has 0 aliphatic carbocycles. The van der Waals surface area contributed by atoms with Crippen LogP contribution in [-0.4, -0.2) is 57.6 Å². The Bertz CT molecular complexity index is 1190. The van der Waals surface area contributed by atoms with Crippen LogP contribution in [0.3, 0.4) is 0 Å².